The zero-order valence-electron chi connectivity index (χ0n) is 19.0. The Morgan fingerprint density at radius 2 is 2.03 bits per heavy atom. The molecule has 5 N–H and O–H groups in total. The van der Waals surface area contributed by atoms with E-state index in [1.165, 1.54) is 12.1 Å². The number of carbonyl (C=O) groups is 1. The zero-order chi connectivity index (χ0) is 23.4. The van der Waals surface area contributed by atoms with Gasteiger partial charge in [0.1, 0.15) is 5.75 Å². The number of hydrogen-bond acceptors (Lipinski definition) is 5. The van der Waals surface area contributed by atoms with Gasteiger partial charge in [0.25, 0.3) is 5.56 Å². The molecule has 1 aromatic carbocycles. The standard InChI is InChI=1S/C25H30N4O4/c1-3-17-22(27-24(31)21(23(17)30)25(32)33)13-5-7-20-15(8-13)9-16(28(20)2)11-29-10-14-4-6-19(26)18(14)12-29/h5,7-9,14,18-19H,3-4,6,10-12,26H2,1-2H3,(H,32,33)(H2,27,30,31)/t14-,18+,19-/m1/s1. The van der Waals surface area contributed by atoms with Crippen LogP contribution in [0.3, 0.4) is 0 Å². The fraction of sp³-hybridized carbons (Fsp3) is 0.440. The first kappa shape index (κ1) is 21.7. The molecule has 1 aliphatic heterocycles. The van der Waals surface area contributed by atoms with E-state index in [4.69, 9.17) is 5.73 Å². The molecule has 2 aromatic heterocycles. The third-order valence-corrected chi connectivity index (χ3v) is 7.66. The Hall–Kier alpha value is -3.10. The Labute approximate surface area is 191 Å². The maximum absolute atomic E-state index is 12.3. The number of hydrogen-bond donors (Lipinski definition) is 4. The van der Waals surface area contributed by atoms with Crippen molar-refractivity contribution >= 4 is 16.9 Å². The SMILES string of the molecule is CCc1c(-c2ccc3c(c2)cc(CN2C[C@H]4CC[C@@H](N)[C@H]4C2)n3C)[nH]c(=O)c(C(=O)O)c1O. The quantitative estimate of drug-likeness (QED) is 0.474. The lowest BCUT2D eigenvalue weighted by Gasteiger charge is -2.18. The van der Waals surface area contributed by atoms with Gasteiger partial charge in [-0.05, 0) is 54.9 Å². The predicted molar refractivity (Wildman–Crippen MR) is 126 cm³/mol. The molecule has 0 spiro atoms. The molecule has 0 bridgehead atoms. The average Bonchev–Trinajstić information content (AvgIpc) is 3.42. The molecule has 0 unspecified atom stereocenters. The van der Waals surface area contributed by atoms with Gasteiger partial charge < -0.3 is 25.5 Å². The van der Waals surface area contributed by atoms with E-state index < -0.39 is 22.8 Å². The fourth-order valence-electron chi connectivity index (χ4n) is 5.89. The second kappa shape index (κ2) is 8.04. The van der Waals surface area contributed by atoms with E-state index in [1.807, 2.05) is 25.1 Å². The van der Waals surface area contributed by atoms with Crippen LogP contribution in [0.4, 0.5) is 0 Å². The average molecular weight is 451 g/mol. The molecule has 0 radical (unpaired) electrons. The van der Waals surface area contributed by atoms with Crippen molar-refractivity contribution < 1.29 is 15.0 Å². The molecule has 174 valence electrons. The number of nitrogens with zero attached hydrogens (tertiary/aromatic N) is 2. The lowest BCUT2D eigenvalue weighted by molar-refractivity contribution is 0.0691. The summed E-state index contributed by atoms with van der Waals surface area (Å²) in [5.74, 6) is -0.579. The van der Waals surface area contributed by atoms with Gasteiger partial charge in [-0.3, -0.25) is 9.69 Å². The minimum absolute atomic E-state index is 0.328. The number of carboxylic acid groups (broad SMARTS) is 1. The highest BCUT2D eigenvalue weighted by atomic mass is 16.4. The molecule has 5 rings (SSSR count). The van der Waals surface area contributed by atoms with Crippen molar-refractivity contribution in [3.05, 3.63) is 51.4 Å². The number of aryl methyl sites for hydroxylation is 1. The maximum atomic E-state index is 12.3. The van der Waals surface area contributed by atoms with Crippen LogP contribution in [-0.2, 0) is 20.0 Å². The van der Waals surface area contributed by atoms with Gasteiger partial charge >= 0.3 is 5.97 Å². The molecule has 3 heterocycles. The molecular formula is C25H30N4O4. The second-order valence-electron chi connectivity index (χ2n) is 9.52. The van der Waals surface area contributed by atoms with Gasteiger partial charge in [-0.25, -0.2) is 4.79 Å². The first-order valence-electron chi connectivity index (χ1n) is 11.6. The van der Waals surface area contributed by atoms with Crippen LogP contribution in [0.25, 0.3) is 22.2 Å². The first-order valence-corrected chi connectivity index (χ1v) is 11.6. The molecule has 8 nitrogen and oxygen atoms in total. The van der Waals surface area contributed by atoms with Crippen LogP contribution in [0, 0.1) is 11.8 Å². The number of nitrogens with two attached hydrogens (primary N) is 1. The minimum Gasteiger partial charge on any atom is -0.506 e. The topological polar surface area (TPSA) is 125 Å². The molecule has 3 atom stereocenters. The summed E-state index contributed by atoms with van der Waals surface area (Å²) in [6.07, 6.45) is 2.76. The first-order chi connectivity index (χ1) is 15.8. The third kappa shape index (κ3) is 3.54. The highest BCUT2D eigenvalue weighted by Gasteiger charge is 2.40. The summed E-state index contributed by atoms with van der Waals surface area (Å²) in [6.45, 7) is 4.83. The summed E-state index contributed by atoms with van der Waals surface area (Å²) in [6, 6.07) is 8.38. The van der Waals surface area contributed by atoms with E-state index in [1.54, 1.807) is 0 Å². The van der Waals surface area contributed by atoms with Crippen LogP contribution >= 0.6 is 0 Å². The van der Waals surface area contributed by atoms with Gasteiger partial charge in [-0.1, -0.05) is 13.0 Å². The Morgan fingerprint density at radius 1 is 1.24 bits per heavy atom. The summed E-state index contributed by atoms with van der Waals surface area (Å²) in [7, 11) is 2.06. The van der Waals surface area contributed by atoms with Crippen molar-refractivity contribution in [3.63, 3.8) is 0 Å². The number of fused-ring (bicyclic) bond motifs is 2. The van der Waals surface area contributed by atoms with Crippen LogP contribution in [0.2, 0.25) is 0 Å². The van der Waals surface area contributed by atoms with Crippen LogP contribution < -0.4 is 11.3 Å². The van der Waals surface area contributed by atoms with E-state index in [0.717, 1.165) is 42.5 Å². The normalized spacial score (nSPS) is 22.8. The Balaban J connectivity index is 1.49. The number of carboxylic acids is 1. The Bertz CT molecular complexity index is 1310. The molecule has 8 heteroatoms. The monoisotopic (exact) mass is 450 g/mol. The number of benzene rings is 1. The van der Waals surface area contributed by atoms with Crippen LogP contribution in [0.1, 0.15) is 41.4 Å². The van der Waals surface area contributed by atoms with E-state index in [9.17, 15) is 19.8 Å². The smallest absolute Gasteiger partial charge is 0.345 e. The fourth-order valence-corrected chi connectivity index (χ4v) is 5.89. The summed E-state index contributed by atoms with van der Waals surface area (Å²) in [4.78, 5) is 28.9. The molecule has 2 fully saturated rings. The number of H-pyrrole nitrogens is 1. The highest BCUT2D eigenvalue weighted by Crippen LogP contribution is 2.38. The van der Waals surface area contributed by atoms with Gasteiger partial charge in [0.15, 0.2) is 5.56 Å². The lowest BCUT2D eigenvalue weighted by Crippen LogP contribution is -2.30. The van der Waals surface area contributed by atoms with Crippen LogP contribution in [0.5, 0.6) is 5.75 Å². The summed E-state index contributed by atoms with van der Waals surface area (Å²) in [5.41, 5.74) is 8.79. The molecule has 1 saturated carbocycles. The van der Waals surface area contributed by atoms with E-state index in [-0.39, 0.29) is 0 Å². The number of aromatic carboxylic acids is 1. The van der Waals surface area contributed by atoms with E-state index >= 15 is 0 Å². The number of pyridine rings is 1. The zero-order valence-corrected chi connectivity index (χ0v) is 19.0. The number of aromatic amines is 1. The maximum Gasteiger partial charge on any atom is 0.345 e. The number of aromatic hydroxyl groups is 1. The number of rotatable bonds is 5. The summed E-state index contributed by atoms with van der Waals surface area (Å²) < 4.78 is 2.20. The van der Waals surface area contributed by atoms with Crippen molar-refractivity contribution in [1.82, 2.24) is 14.5 Å². The molecule has 2 aliphatic rings. The van der Waals surface area contributed by atoms with Gasteiger partial charge in [0.2, 0.25) is 0 Å². The largest absolute Gasteiger partial charge is 0.506 e. The minimum atomic E-state index is -1.44. The van der Waals surface area contributed by atoms with Gasteiger partial charge in [-0.2, -0.15) is 0 Å². The van der Waals surface area contributed by atoms with E-state index in [2.05, 4.69) is 27.6 Å². The Morgan fingerprint density at radius 3 is 2.73 bits per heavy atom. The molecule has 1 saturated heterocycles. The van der Waals surface area contributed by atoms with Gasteiger partial charge in [-0.15, -0.1) is 0 Å². The van der Waals surface area contributed by atoms with Crippen LogP contribution in [-0.4, -0.2) is 49.8 Å². The highest BCUT2D eigenvalue weighted by molar-refractivity contribution is 5.92. The van der Waals surface area contributed by atoms with E-state index in [0.29, 0.717) is 35.6 Å². The Kier molecular flexibility index (Phi) is 5.29. The molecule has 1 aliphatic carbocycles. The number of aromatic nitrogens is 2. The molecule has 3 aromatic rings. The van der Waals surface area contributed by atoms with Crippen molar-refractivity contribution in [2.24, 2.45) is 24.6 Å². The van der Waals surface area contributed by atoms with Crippen molar-refractivity contribution in [1.29, 1.82) is 0 Å². The summed E-state index contributed by atoms with van der Waals surface area (Å²) in [5, 5.41) is 20.8. The number of likely N-dealkylation sites (tertiary alicyclic amines) is 1. The van der Waals surface area contributed by atoms with Crippen molar-refractivity contribution in [2.75, 3.05) is 13.1 Å². The molecule has 33 heavy (non-hydrogen) atoms. The van der Waals surface area contributed by atoms with Crippen LogP contribution in [0.15, 0.2) is 29.1 Å². The van der Waals surface area contributed by atoms with Crippen molar-refractivity contribution in [2.45, 2.75) is 38.8 Å². The predicted octanol–water partition coefficient (Wildman–Crippen LogP) is 2.67. The van der Waals surface area contributed by atoms with Crippen molar-refractivity contribution in [3.8, 4) is 17.0 Å². The van der Waals surface area contributed by atoms with Gasteiger partial charge in [0.05, 0.1) is 5.69 Å². The summed E-state index contributed by atoms with van der Waals surface area (Å²) >= 11 is 0. The molecular weight excluding hydrogens is 420 g/mol. The lowest BCUT2D eigenvalue weighted by atomic mass is 9.98. The molecule has 0 amide bonds. The second-order valence-corrected chi connectivity index (χ2v) is 9.52. The number of nitrogens with one attached hydrogen (secondary N) is 1. The van der Waals surface area contributed by atoms with Gasteiger partial charge in [0, 0.05) is 54.9 Å². The third-order valence-electron chi connectivity index (χ3n) is 7.66.